The summed E-state index contributed by atoms with van der Waals surface area (Å²) >= 11 is 0. The standard InChI is InChI=1S/C11H15FN2O/c1-11(2,7-13)10(15)14-9-5-3-8(12)4-6-9/h3-6H,7,13H2,1-2H3,(H,14,15). The molecule has 15 heavy (non-hydrogen) atoms. The second kappa shape index (κ2) is 4.40. The van der Waals surface area contributed by atoms with Gasteiger partial charge in [-0.2, -0.15) is 0 Å². The van der Waals surface area contributed by atoms with Crippen LogP contribution in [-0.4, -0.2) is 12.5 Å². The third kappa shape index (κ3) is 3.02. The van der Waals surface area contributed by atoms with Gasteiger partial charge in [-0.3, -0.25) is 4.79 Å². The van der Waals surface area contributed by atoms with E-state index in [0.717, 1.165) is 0 Å². The Morgan fingerprint density at radius 3 is 2.40 bits per heavy atom. The minimum absolute atomic E-state index is 0.170. The summed E-state index contributed by atoms with van der Waals surface area (Å²) in [5.74, 6) is -0.498. The van der Waals surface area contributed by atoms with Crippen molar-refractivity contribution in [2.24, 2.45) is 11.1 Å². The first kappa shape index (κ1) is 11.7. The van der Waals surface area contributed by atoms with E-state index in [2.05, 4.69) is 5.32 Å². The summed E-state index contributed by atoms with van der Waals surface area (Å²) in [7, 11) is 0. The molecule has 1 rings (SSSR count). The van der Waals surface area contributed by atoms with Gasteiger partial charge in [0.05, 0.1) is 5.41 Å². The zero-order valence-corrected chi connectivity index (χ0v) is 8.88. The molecule has 0 fully saturated rings. The topological polar surface area (TPSA) is 55.1 Å². The lowest BCUT2D eigenvalue weighted by molar-refractivity contribution is -0.123. The molecule has 0 saturated carbocycles. The number of anilines is 1. The fourth-order valence-electron chi connectivity index (χ4n) is 0.926. The number of carbonyl (C=O) groups excluding carboxylic acids is 1. The Labute approximate surface area is 88.5 Å². The predicted molar refractivity (Wildman–Crippen MR) is 57.9 cm³/mol. The Morgan fingerprint density at radius 2 is 1.93 bits per heavy atom. The summed E-state index contributed by atoms with van der Waals surface area (Å²) in [4.78, 5) is 11.7. The molecule has 1 aromatic rings. The SMILES string of the molecule is CC(C)(CN)C(=O)Nc1ccc(F)cc1. The highest BCUT2D eigenvalue weighted by atomic mass is 19.1. The monoisotopic (exact) mass is 210 g/mol. The number of nitrogens with two attached hydrogens (primary N) is 1. The maximum absolute atomic E-state index is 12.6. The van der Waals surface area contributed by atoms with E-state index in [-0.39, 0.29) is 18.3 Å². The molecule has 0 atom stereocenters. The summed E-state index contributed by atoms with van der Waals surface area (Å²) in [6.45, 7) is 3.78. The molecule has 0 bridgehead atoms. The maximum atomic E-state index is 12.6. The maximum Gasteiger partial charge on any atom is 0.231 e. The van der Waals surface area contributed by atoms with Gasteiger partial charge in [0.1, 0.15) is 5.82 Å². The fourth-order valence-corrected chi connectivity index (χ4v) is 0.926. The van der Waals surface area contributed by atoms with Crippen molar-refractivity contribution in [3.05, 3.63) is 30.1 Å². The van der Waals surface area contributed by atoms with Crippen molar-refractivity contribution in [1.29, 1.82) is 0 Å². The van der Waals surface area contributed by atoms with Gasteiger partial charge < -0.3 is 11.1 Å². The number of benzene rings is 1. The number of carbonyl (C=O) groups is 1. The van der Waals surface area contributed by atoms with Crippen LogP contribution in [-0.2, 0) is 4.79 Å². The van der Waals surface area contributed by atoms with Gasteiger partial charge in [0, 0.05) is 12.2 Å². The van der Waals surface area contributed by atoms with Crippen LogP contribution in [0.3, 0.4) is 0 Å². The normalized spacial score (nSPS) is 11.2. The van der Waals surface area contributed by atoms with Crippen LogP contribution >= 0.6 is 0 Å². The molecule has 0 aliphatic rings. The highest BCUT2D eigenvalue weighted by molar-refractivity contribution is 5.94. The van der Waals surface area contributed by atoms with Crippen LogP contribution in [0.25, 0.3) is 0 Å². The molecule has 1 aromatic carbocycles. The van der Waals surface area contributed by atoms with E-state index in [1.165, 1.54) is 24.3 Å². The van der Waals surface area contributed by atoms with Crippen molar-refractivity contribution in [2.75, 3.05) is 11.9 Å². The number of hydrogen-bond donors (Lipinski definition) is 2. The zero-order valence-electron chi connectivity index (χ0n) is 8.88. The van der Waals surface area contributed by atoms with Crippen molar-refractivity contribution in [2.45, 2.75) is 13.8 Å². The lowest BCUT2D eigenvalue weighted by atomic mass is 9.92. The predicted octanol–water partition coefficient (Wildman–Crippen LogP) is 1.75. The fraction of sp³-hybridized carbons (Fsp3) is 0.364. The number of hydrogen-bond acceptors (Lipinski definition) is 2. The quantitative estimate of drug-likeness (QED) is 0.798. The van der Waals surface area contributed by atoms with Gasteiger partial charge in [-0.05, 0) is 38.1 Å². The molecule has 0 unspecified atom stereocenters. The summed E-state index contributed by atoms with van der Waals surface area (Å²) < 4.78 is 12.6. The molecule has 3 nitrogen and oxygen atoms in total. The lowest BCUT2D eigenvalue weighted by Crippen LogP contribution is -2.37. The van der Waals surface area contributed by atoms with Crippen molar-refractivity contribution in [3.63, 3.8) is 0 Å². The first-order valence-corrected chi connectivity index (χ1v) is 4.73. The Bertz CT molecular complexity index is 346. The number of rotatable bonds is 3. The van der Waals surface area contributed by atoms with E-state index in [1.54, 1.807) is 13.8 Å². The third-order valence-corrected chi connectivity index (χ3v) is 2.23. The Kier molecular flexibility index (Phi) is 3.42. The molecule has 0 aliphatic heterocycles. The van der Waals surface area contributed by atoms with Gasteiger partial charge in [-0.25, -0.2) is 4.39 Å². The van der Waals surface area contributed by atoms with Crippen molar-refractivity contribution >= 4 is 11.6 Å². The molecule has 4 heteroatoms. The average molecular weight is 210 g/mol. The van der Waals surface area contributed by atoms with Crippen LogP contribution in [0.2, 0.25) is 0 Å². The minimum atomic E-state index is -0.617. The van der Waals surface area contributed by atoms with Crippen LogP contribution in [0.1, 0.15) is 13.8 Å². The Hall–Kier alpha value is -1.42. The molecule has 3 N–H and O–H groups in total. The van der Waals surface area contributed by atoms with Crippen LogP contribution in [0.15, 0.2) is 24.3 Å². The highest BCUT2D eigenvalue weighted by Gasteiger charge is 2.25. The summed E-state index contributed by atoms with van der Waals surface area (Å²) in [6.07, 6.45) is 0. The molecular formula is C11H15FN2O. The summed E-state index contributed by atoms with van der Waals surface area (Å²) in [5.41, 5.74) is 5.42. The van der Waals surface area contributed by atoms with Crippen molar-refractivity contribution in [3.8, 4) is 0 Å². The molecule has 0 spiro atoms. The first-order valence-electron chi connectivity index (χ1n) is 4.73. The number of amides is 1. The van der Waals surface area contributed by atoms with Gasteiger partial charge in [-0.1, -0.05) is 0 Å². The van der Waals surface area contributed by atoms with Gasteiger partial charge in [0.25, 0.3) is 0 Å². The van der Waals surface area contributed by atoms with Gasteiger partial charge in [0.2, 0.25) is 5.91 Å². The van der Waals surface area contributed by atoms with Crippen molar-refractivity contribution in [1.82, 2.24) is 0 Å². The van der Waals surface area contributed by atoms with E-state index in [0.29, 0.717) is 5.69 Å². The molecule has 0 heterocycles. The highest BCUT2D eigenvalue weighted by Crippen LogP contribution is 2.17. The first-order chi connectivity index (χ1) is 6.95. The minimum Gasteiger partial charge on any atom is -0.329 e. The van der Waals surface area contributed by atoms with Crippen molar-refractivity contribution < 1.29 is 9.18 Å². The number of halogens is 1. The zero-order chi connectivity index (χ0) is 11.5. The molecule has 0 radical (unpaired) electrons. The summed E-state index contributed by atoms with van der Waals surface area (Å²) in [5, 5.41) is 2.67. The summed E-state index contributed by atoms with van der Waals surface area (Å²) in [6, 6.07) is 5.62. The van der Waals surface area contributed by atoms with E-state index in [9.17, 15) is 9.18 Å². The molecule has 0 aliphatic carbocycles. The van der Waals surface area contributed by atoms with E-state index < -0.39 is 5.41 Å². The Balaban J connectivity index is 2.71. The second-order valence-electron chi connectivity index (χ2n) is 4.05. The Morgan fingerprint density at radius 1 is 1.40 bits per heavy atom. The second-order valence-corrected chi connectivity index (χ2v) is 4.05. The third-order valence-electron chi connectivity index (χ3n) is 2.23. The van der Waals surface area contributed by atoms with E-state index >= 15 is 0 Å². The van der Waals surface area contributed by atoms with Crippen LogP contribution in [0.4, 0.5) is 10.1 Å². The largest absolute Gasteiger partial charge is 0.329 e. The average Bonchev–Trinajstić information content (AvgIpc) is 2.21. The molecular weight excluding hydrogens is 195 g/mol. The molecule has 82 valence electrons. The molecule has 0 aromatic heterocycles. The van der Waals surface area contributed by atoms with E-state index in [1.807, 2.05) is 0 Å². The van der Waals surface area contributed by atoms with Gasteiger partial charge >= 0.3 is 0 Å². The van der Waals surface area contributed by atoms with E-state index in [4.69, 9.17) is 5.73 Å². The van der Waals surface area contributed by atoms with Gasteiger partial charge in [-0.15, -0.1) is 0 Å². The van der Waals surface area contributed by atoms with Gasteiger partial charge in [0.15, 0.2) is 0 Å². The smallest absolute Gasteiger partial charge is 0.231 e. The van der Waals surface area contributed by atoms with Crippen LogP contribution in [0, 0.1) is 11.2 Å². The lowest BCUT2D eigenvalue weighted by Gasteiger charge is -2.21. The molecule has 0 saturated heterocycles. The number of nitrogens with one attached hydrogen (secondary N) is 1. The van der Waals surface area contributed by atoms with Crippen LogP contribution < -0.4 is 11.1 Å². The molecule has 1 amide bonds. The van der Waals surface area contributed by atoms with Crippen LogP contribution in [0.5, 0.6) is 0 Å².